The Hall–Kier alpha value is -3.46. The molecule has 0 radical (unpaired) electrons. The third-order valence-electron chi connectivity index (χ3n) is 6.80. The number of aliphatic hydroxyl groups excluding tert-OH is 1. The first-order valence-corrected chi connectivity index (χ1v) is 11.5. The van der Waals surface area contributed by atoms with Crippen molar-refractivity contribution in [2.24, 2.45) is 5.41 Å². The third kappa shape index (κ3) is 4.87. The van der Waals surface area contributed by atoms with Gasteiger partial charge in [0.2, 0.25) is 5.91 Å². The molecule has 0 bridgehead atoms. The number of alkyl halides is 6. The SMILES string of the molecule is O=C(CO)N1CC2(C1)CN(C(CNc1cc(C(F)(F)F)nc3cc(C(F)(F)F)nn13)c1ccc(F)cc1)C2. The first-order chi connectivity index (χ1) is 17.8. The Morgan fingerprint density at radius 1 is 1.00 bits per heavy atom. The Morgan fingerprint density at radius 3 is 2.21 bits per heavy atom. The van der Waals surface area contributed by atoms with Crippen LogP contribution in [-0.2, 0) is 17.1 Å². The number of anilines is 1. The van der Waals surface area contributed by atoms with Gasteiger partial charge in [0.1, 0.15) is 18.2 Å². The van der Waals surface area contributed by atoms with Crippen molar-refractivity contribution in [2.75, 3.05) is 44.6 Å². The van der Waals surface area contributed by atoms with Gasteiger partial charge in [-0.1, -0.05) is 12.1 Å². The molecule has 2 aromatic heterocycles. The van der Waals surface area contributed by atoms with Crippen molar-refractivity contribution in [3.63, 3.8) is 0 Å². The van der Waals surface area contributed by atoms with E-state index in [0.29, 0.717) is 48.4 Å². The molecule has 2 aliphatic rings. The second kappa shape index (κ2) is 9.08. The lowest BCUT2D eigenvalue weighted by Crippen LogP contribution is -2.73. The molecular formula is C23H21F7N6O2. The van der Waals surface area contributed by atoms with Crippen molar-refractivity contribution in [1.29, 1.82) is 0 Å². The number of carbonyl (C=O) groups excluding carboxylic acids is 1. The minimum absolute atomic E-state index is 0.0430. The summed E-state index contributed by atoms with van der Waals surface area (Å²) in [4.78, 5) is 18.5. The van der Waals surface area contributed by atoms with Gasteiger partial charge in [-0.15, -0.1) is 0 Å². The molecule has 1 aromatic carbocycles. The van der Waals surface area contributed by atoms with Gasteiger partial charge in [0.25, 0.3) is 0 Å². The number of carbonyl (C=O) groups is 1. The van der Waals surface area contributed by atoms with Crippen molar-refractivity contribution in [1.82, 2.24) is 24.4 Å². The average molecular weight is 546 g/mol. The lowest BCUT2D eigenvalue weighted by atomic mass is 9.71. The number of halogens is 7. The first-order valence-electron chi connectivity index (χ1n) is 11.5. The highest BCUT2D eigenvalue weighted by atomic mass is 19.4. The van der Waals surface area contributed by atoms with E-state index in [2.05, 4.69) is 15.4 Å². The van der Waals surface area contributed by atoms with E-state index in [1.54, 1.807) is 0 Å². The molecule has 8 nitrogen and oxygen atoms in total. The smallest absolute Gasteiger partial charge is 0.387 e. The van der Waals surface area contributed by atoms with Crippen LogP contribution in [0.2, 0.25) is 0 Å². The van der Waals surface area contributed by atoms with Crippen LogP contribution in [0.5, 0.6) is 0 Å². The summed E-state index contributed by atoms with van der Waals surface area (Å²) in [6.07, 6.45) is -9.80. The fourth-order valence-electron chi connectivity index (χ4n) is 5.00. The highest BCUT2D eigenvalue weighted by Crippen LogP contribution is 2.44. The molecule has 2 aliphatic heterocycles. The normalized spacial score (nSPS) is 18.4. The molecule has 38 heavy (non-hydrogen) atoms. The fourth-order valence-corrected chi connectivity index (χ4v) is 5.00. The maximum atomic E-state index is 13.6. The number of likely N-dealkylation sites (tertiary alicyclic amines) is 2. The van der Waals surface area contributed by atoms with Crippen LogP contribution in [-0.4, -0.2) is 74.7 Å². The summed E-state index contributed by atoms with van der Waals surface area (Å²) in [5.41, 5.74) is -2.96. The maximum Gasteiger partial charge on any atom is 0.435 e. The van der Waals surface area contributed by atoms with E-state index in [1.807, 2.05) is 4.90 Å². The number of aliphatic hydroxyl groups is 1. The van der Waals surface area contributed by atoms with Crippen molar-refractivity contribution < 1.29 is 40.6 Å². The summed E-state index contributed by atoms with van der Waals surface area (Å²) >= 11 is 0. The molecule has 4 heterocycles. The molecule has 2 saturated heterocycles. The lowest BCUT2D eigenvalue weighted by molar-refractivity contribution is -0.165. The molecule has 1 spiro atoms. The monoisotopic (exact) mass is 546 g/mol. The van der Waals surface area contributed by atoms with Gasteiger partial charge in [0.05, 0.1) is 6.04 Å². The summed E-state index contributed by atoms with van der Waals surface area (Å²) in [5, 5.41) is 15.2. The largest absolute Gasteiger partial charge is 0.435 e. The predicted octanol–water partition coefficient (Wildman–Crippen LogP) is 3.20. The Labute approximate surface area is 210 Å². The fraction of sp³-hybridized carbons (Fsp3) is 0.435. The molecule has 2 N–H and O–H groups in total. The highest BCUT2D eigenvalue weighted by Gasteiger charge is 2.54. The van der Waals surface area contributed by atoms with E-state index in [0.717, 1.165) is 0 Å². The van der Waals surface area contributed by atoms with Crippen LogP contribution in [0, 0.1) is 11.2 Å². The number of fused-ring (bicyclic) bond motifs is 1. The Balaban J connectivity index is 1.41. The van der Waals surface area contributed by atoms with Crippen molar-refractivity contribution in [3.05, 3.63) is 59.2 Å². The topological polar surface area (TPSA) is 86.0 Å². The molecule has 15 heteroatoms. The molecule has 2 fully saturated rings. The minimum Gasteiger partial charge on any atom is -0.387 e. The van der Waals surface area contributed by atoms with Crippen LogP contribution >= 0.6 is 0 Å². The third-order valence-corrected chi connectivity index (χ3v) is 6.80. The van der Waals surface area contributed by atoms with Crippen LogP contribution in [0.4, 0.5) is 36.6 Å². The van der Waals surface area contributed by atoms with Crippen LogP contribution in [0.15, 0.2) is 36.4 Å². The first kappa shape index (κ1) is 26.2. The van der Waals surface area contributed by atoms with Crippen LogP contribution in [0.25, 0.3) is 5.65 Å². The van der Waals surface area contributed by atoms with Gasteiger partial charge < -0.3 is 15.3 Å². The number of rotatable bonds is 6. The second-order valence-corrected chi connectivity index (χ2v) is 9.58. The van der Waals surface area contributed by atoms with E-state index < -0.39 is 47.9 Å². The number of hydrogen-bond donors (Lipinski definition) is 2. The average Bonchev–Trinajstić information content (AvgIpc) is 3.24. The molecule has 3 aromatic rings. The van der Waals surface area contributed by atoms with Crippen LogP contribution < -0.4 is 5.32 Å². The number of nitrogens with one attached hydrogen (secondary N) is 1. The van der Waals surface area contributed by atoms with E-state index in [4.69, 9.17) is 5.11 Å². The summed E-state index contributed by atoms with van der Waals surface area (Å²) in [6.45, 7) is 1.29. The molecular weight excluding hydrogens is 525 g/mol. The molecule has 1 unspecified atom stereocenters. The number of hydrogen-bond acceptors (Lipinski definition) is 6. The zero-order valence-electron chi connectivity index (χ0n) is 19.5. The maximum absolute atomic E-state index is 13.6. The quantitative estimate of drug-likeness (QED) is 0.462. The zero-order valence-corrected chi connectivity index (χ0v) is 19.5. The lowest BCUT2D eigenvalue weighted by Gasteiger charge is -2.62. The van der Waals surface area contributed by atoms with Crippen molar-refractivity contribution >= 4 is 17.4 Å². The number of nitrogens with zero attached hydrogens (tertiary/aromatic N) is 5. The van der Waals surface area contributed by atoms with E-state index in [1.165, 1.54) is 29.2 Å². The zero-order chi connectivity index (χ0) is 27.5. The summed E-state index contributed by atoms with van der Waals surface area (Å²) in [6, 6.07) is 6.05. The Kier molecular flexibility index (Phi) is 6.25. The van der Waals surface area contributed by atoms with Crippen molar-refractivity contribution in [2.45, 2.75) is 18.4 Å². The van der Waals surface area contributed by atoms with Gasteiger partial charge in [0.15, 0.2) is 17.0 Å². The predicted molar refractivity (Wildman–Crippen MR) is 118 cm³/mol. The Bertz CT molecular complexity index is 1340. The van der Waals surface area contributed by atoms with E-state index in [9.17, 15) is 35.5 Å². The highest BCUT2D eigenvalue weighted by molar-refractivity contribution is 5.78. The van der Waals surface area contributed by atoms with E-state index >= 15 is 0 Å². The molecule has 0 saturated carbocycles. The van der Waals surface area contributed by atoms with Crippen LogP contribution in [0.3, 0.4) is 0 Å². The van der Waals surface area contributed by atoms with Crippen LogP contribution in [0.1, 0.15) is 23.0 Å². The van der Waals surface area contributed by atoms with Gasteiger partial charge in [-0.05, 0) is 17.7 Å². The Morgan fingerprint density at radius 2 is 1.63 bits per heavy atom. The van der Waals surface area contributed by atoms with Gasteiger partial charge in [-0.25, -0.2) is 9.37 Å². The summed E-state index contributed by atoms with van der Waals surface area (Å²) < 4.78 is 94.2. The number of benzene rings is 1. The molecule has 5 rings (SSSR count). The summed E-state index contributed by atoms with van der Waals surface area (Å²) in [5.74, 6) is -1.21. The molecule has 204 valence electrons. The van der Waals surface area contributed by atoms with Gasteiger partial charge in [-0.3, -0.25) is 9.69 Å². The van der Waals surface area contributed by atoms with Gasteiger partial charge in [0, 0.05) is 50.3 Å². The molecule has 0 aliphatic carbocycles. The second-order valence-electron chi connectivity index (χ2n) is 9.58. The summed E-state index contributed by atoms with van der Waals surface area (Å²) in [7, 11) is 0. The molecule has 1 atom stereocenters. The van der Waals surface area contributed by atoms with Gasteiger partial charge in [-0.2, -0.15) is 36.0 Å². The number of amides is 1. The number of aromatic nitrogens is 3. The minimum atomic E-state index is -4.91. The standard InChI is InChI=1S/C23H21F7N6O2/c24-14-3-1-13(2-4-14)15(34-9-21(10-34)11-35(12-21)20(38)8-37)7-31-18-5-16(22(25,26)27)32-19-6-17(23(28,29)30)33-36(18)19/h1-6,15,31,37H,7-12H2. The molecule has 1 amide bonds. The van der Waals surface area contributed by atoms with Gasteiger partial charge >= 0.3 is 12.4 Å². The van der Waals surface area contributed by atoms with E-state index in [-0.39, 0.29) is 23.7 Å². The van der Waals surface area contributed by atoms with Crippen molar-refractivity contribution in [3.8, 4) is 0 Å².